The van der Waals surface area contributed by atoms with Crippen molar-refractivity contribution in [2.45, 2.75) is 51.4 Å². The summed E-state index contributed by atoms with van der Waals surface area (Å²) in [5, 5.41) is 0. The fourth-order valence-electron chi connectivity index (χ4n) is 2.81. The van der Waals surface area contributed by atoms with Crippen LogP contribution in [0.5, 0.6) is 0 Å². The molecule has 0 bridgehead atoms. The van der Waals surface area contributed by atoms with Crippen molar-refractivity contribution in [1.82, 2.24) is 4.90 Å². The summed E-state index contributed by atoms with van der Waals surface area (Å²) in [6, 6.07) is 5.86. The lowest BCUT2D eigenvalue weighted by molar-refractivity contribution is -0.137. The zero-order valence-electron chi connectivity index (χ0n) is 11.6. The Morgan fingerprint density at radius 3 is 2.11 bits per heavy atom. The van der Waals surface area contributed by atoms with Crippen LogP contribution >= 0.6 is 0 Å². The zero-order chi connectivity index (χ0) is 14.3. The second kappa shape index (κ2) is 4.82. The lowest BCUT2D eigenvalue weighted by Gasteiger charge is -2.37. The van der Waals surface area contributed by atoms with Crippen LogP contribution in [-0.2, 0) is 6.18 Å². The number of hydrogen-bond donors (Lipinski definition) is 0. The van der Waals surface area contributed by atoms with Crippen molar-refractivity contribution in [3.8, 4) is 0 Å². The molecule has 0 aromatic heterocycles. The molecule has 1 aliphatic rings. The van der Waals surface area contributed by atoms with E-state index in [-0.39, 0.29) is 11.6 Å². The van der Waals surface area contributed by atoms with Crippen LogP contribution < -0.4 is 0 Å². The van der Waals surface area contributed by atoms with E-state index in [2.05, 4.69) is 25.7 Å². The number of nitrogens with zero attached hydrogens (tertiary/aromatic N) is 1. The molecule has 0 amide bonds. The van der Waals surface area contributed by atoms with Crippen LogP contribution in [0.15, 0.2) is 24.3 Å². The van der Waals surface area contributed by atoms with Crippen LogP contribution in [0.1, 0.15) is 50.8 Å². The molecule has 106 valence electrons. The molecule has 4 heteroatoms. The summed E-state index contributed by atoms with van der Waals surface area (Å²) >= 11 is 0. The number of halogens is 3. The minimum atomic E-state index is -4.25. The quantitative estimate of drug-likeness (QED) is 0.719. The SMILES string of the molecule is CC(C)(C)N1CCCC1c1ccc(C(F)(F)F)cc1. The van der Waals surface area contributed by atoms with Crippen LogP contribution in [0, 0.1) is 0 Å². The van der Waals surface area contributed by atoms with Gasteiger partial charge in [-0.15, -0.1) is 0 Å². The molecule has 0 saturated carbocycles. The molecule has 1 saturated heterocycles. The van der Waals surface area contributed by atoms with Gasteiger partial charge in [-0.1, -0.05) is 12.1 Å². The van der Waals surface area contributed by atoms with Crippen molar-refractivity contribution < 1.29 is 13.2 Å². The Bertz CT molecular complexity index is 428. The molecule has 0 spiro atoms. The normalized spacial score (nSPS) is 21.9. The third-order valence-electron chi connectivity index (χ3n) is 3.74. The van der Waals surface area contributed by atoms with E-state index in [1.54, 1.807) is 12.1 Å². The second-order valence-electron chi connectivity index (χ2n) is 6.14. The summed E-state index contributed by atoms with van der Waals surface area (Å²) in [6.45, 7) is 7.45. The summed E-state index contributed by atoms with van der Waals surface area (Å²) < 4.78 is 37.7. The number of hydrogen-bond acceptors (Lipinski definition) is 1. The Labute approximate surface area is 112 Å². The lowest BCUT2D eigenvalue weighted by atomic mass is 9.98. The fraction of sp³-hybridized carbons (Fsp3) is 0.600. The molecule has 1 unspecified atom stereocenters. The molecule has 1 aliphatic heterocycles. The third kappa shape index (κ3) is 3.11. The number of rotatable bonds is 1. The Balaban J connectivity index is 2.23. The van der Waals surface area contributed by atoms with E-state index in [4.69, 9.17) is 0 Å². The van der Waals surface area contributed by atoms with E-state index >= 15 is 0 Å². The molecule has 0 aliphatic carbocycles. The molecule has 1 aromatic rings. The van der Waals surface area contributed by atoms with Crippen molar-refractivity contribution in [3.63, 3.8) is 0 Å². The van der Waals surface area contributed by atoms with Gasteiger partial charge in [-0.25, -0.2) is 0 Å². The topological polar surface area (TPSA) is 3.24 Å². The van der Waals surface area contributed by atoms with Gasteiger partial charge in [0.05, 0.1) is 5.56 Å². The van der Waals surface area contributed by atoms with Crippen molar-refractivity contribution in [2.75, 3.05) is 6.54 Å². The average molecular weight is 271 g/mol. The van der Waals surface area contributed by atoms with Gasteiger partial charge in [-0.2, -0.15) is 13.2 Å². The van der Waals surface area contributed by atoms with Crippen molar-refractivity contribution in [2.24, 2.45) is 0 Å². The minimum absolute atomic E-state index is 0.0455. The van der Waals surface area contributed by atoms with Crippen LogP contribution in [-0.4, -0.2) is 17.0 Å². The first-order valence-corrected chi connectivity index (χ1v) is 6.63. The molecule has 2 rings (SSSR count). The lowest BCUT2D eigenvalue weighted by Crippen LogP contribution is -2.40. The fourth-order valence-corrected chi connectivity index (χ4v) is 2.81. The van der Waals surface area contributed by atoms with Gasteiger partial charge in [-0.05, 0) is 57.9 Å². The maximum atomic E-state index is 12.6. The van der Waals surface area contributed by atoms with Crippen molar-refractivity contribution >= 4 is 0 Å². The van der Waals surface area contributed by atoms with Gasteiger partial charge in [0.2, 0.25) is 0 Å². The smallest absolute Gasteiger partial charge is 0.291 e. The molecule has 1 fully saturated rings. The van der Waals surface area contributed by atoms with Gasteiger partial charge in [0.1, 0.15) is 0 Å². The number of likely N-dealkylation sites (tertiary alicyclic amines) is 1. The Kier molecular flexibility index (Phi) is 3.65. The highest BCUT2D eigenvalue weighted by Crippen LogP contribution is 2.38. The Morgan fingerprint density at radius 1 is 1.05 bits per heavy atom. The molecule has 19 heavy (non-hydrogen) atoms. The second-order valence-corrected chi connectivity index (χ2v) is 6.14. The van der Waals surface area contributed by atoms with E-state index in [1.807, 2.05) is 0 Å². The summed E-state index contributed by atoms with van der Waals surface area (Å²) in [4.78, 5) is 2.37. The summed E-state index contributed by atoms with van der Waals surface area (Å²) in [5.74, 6) is 0. The first-order valence-electron chi connectivity index (χ1n) is 6.63. The highest BCUT2D eigenvalue weighted by molar-refractivity contribution is 5.27. The van der Waals surface area contributed by atoms with Gasteiger partial charge < -0.3 is 0 Å². The molecular weight excluding hydrogens is 251 g/mol. The maximum Gasteiger partial charge on any atom is 0.416 e. The molecular formula is C15H20F3N. The Hall–Kier alpha value is -1.03. The number of alkyl halides is 3. The van der Waals surface area contributed by atoms with Crippen LogP contribution in [0.3, 0.4) is 0 Å². The van der Waals surface area contributed by atoms with Gasteiger partial charge in [0, 0.05) is 11.6 Å². The largest absolute Gasteiger partial charge is 0.416 e. The van der Waals surface area contributed by atoms with Gasteiger partial charge in [0.25, 0.3) is 0 Å². The molecule has 1 atom stereocenters. The number of benzene rings is 1. The monoisotopic (exact) mass is 271 g/mol. The van der Waals surface area contributed by atoms with Crippen LogP contribution in [0.4, 0.5) is 13.2 Å². The predicted molar refractivity (Wildman–Crippen MR) is 69.9 cm³/mol. The zero-order valence-corrected chi connectivity index (χ0v) is 11.6. The van der Waals surface area contributed by atoms with E-state index in [1.165, 1.54) is 12.1 Å². The first kappa shape index (κ1) is 14.4. The van der Waals surface area contributed by atoms with E-state index in [9.17, 15) is 13.2 Å². The highest BCUT2D eigenvalue weighted by atomic mass is 19.4. The third-order valence-corrected chi connectivity index (χ3v) is 3.74. The predicted octanol–water partition coefficient (Wildman–Crippen LogP) is 4.64. The van der Waals surface area contributed by atoms with Crippen LogP contribution in [0.25, 0.3) is 0 Å². The standard InChI is InChI=1S/C15H20F3N/c1-14(2,3)19-10-4-5-13(19)11-6-8-12(9-7-11)15(16,17)18/h6-9,13H,4-5,10H2,1-3H3. The van der Waals surface area contributed by atoms with Gasteiger partial charge >= 0.3 is 6.18 Å². The van der Waals surface area contributed by atoms with Crippen LogP contribution in [0.2, 0.25) is 0 Å². The van der Waals surface area contributed by atoms with E-state index < -0.39 is 11.7 Å². The average Bonchev–Trinajstić information content (AvgIpc) is 2.76. The Morgan fingerprint density at radius 2 is 1.63 bits per heavy atom. The molecule has 1 aromatic carbocycles. The van der Waals surface area contributed by atoms with Gasteiger partial charge in [-0.3, -0.25) is 4.90 Å². The molecule has 0 radical (unpaired) electrons. The summed E-state index contributed by atoms with van der Waals surface area (Å²) in [6.07, 6.45) is -2.14. The molecule has 1 nitrogen and oxygen atoms in total. The van der Waals surface area contributed by atoms with Gasteiger partial charge in [0.15, 0.2) is 0 Å². The highest BCUT2D eigenvalue weighted by Gasteiger charge is 2.35. The van der Waals surface area contributed by atoms with Crippen molar-refractivity contribution in [3.05, 3.63) is 35.4 Å². The maximum absolute atomic E-state index is 12.6. The minimum Gasteiger partial charge on any atom is -0.291 e. The summed E-state index contributed by atoms with van der Waals surface area (Å²) in [5.41, 5.74) is 0.459. The summed E-state index contributed by atoms with van der Waals surface area (Å²) in [7, 11) is 0. The van der Waals surface area contributed by atoms with Crippen molar-refractivity contribution in [1.29, 1.82) is 0 Å². The van der Waals surface area contributed by atoms with E-state index in [0.29, 0.717) is 0 Å². The first-order chi connectivity index (χ1) is 8.69. The molecule has 1 heterocycles. The van der Waals surface area contributed by atoms with E-state index in [0.717, 1.165) is 24.9 Å². The molecule has 0 N–H and O–H groups in total.